The monoisotopic (exact) mass is 644 g/mol. The van der Waals surface area contributed by atoms with Crippen molar-refractivity contribution in [3.8, 4) is 11.8 Å². The van der Waals surface area contributed by atoms with Crippen molar-refractivity contribution in [2.24, 2.45) is 17.8 Å². The van der Waals surface area contributed by atoms with E-state index in [4.69, 9.17) is 18.6 Å². The molecule has 0 amide bonds. The summed E-state index contributed by atoms with van der Waals surface area (Å²) < 4.78 is 27.1. The van der Waals surface area contributed by atoms with E-state index < -0.39 is 37.3 Å². The van der Waals surface area contributed by atoms with Gasteiger partial charge in [0.05, 0.1) is 24.4 Å². The Kier molecular flexibility index (Phi) is 9.82. The summed E-state index contributed by atoms with van der Waals surface area (Å²) in [6.07, 6.45) is 2.96. The van der Waals surface area contributed by atoms with Crippen LogP contribution in [-0.2, 0) is 30.0 Å². The summed E-state index contributed by atoms with van der Waals surface area (Å²) in [6.45, 7) is 19.6. The van der Waals surface area contributed by atoms with Gasteiger partial charge in [-0.1, -0.05) is 94.1 Å². The molecule has 1 aliphatic carbocycles. The van der Waals surface area contributed by atoms with E-state index in [1.54, 1.807) is 0 Å². The van der Waals surface area contributed by atoms with Crippen molar-refractivity contribution in [1.29, 1.82) is 0 Å². The van der Waals surface area contributed by atoms with Crippen molar-refractivity contribution >= 4 is 14.3 Å². The van der Waals surface area contributed by atoms with Gasteiger partial charge in [0.15, 0.2) is 8.32 Å². The number of ether oxygens (including phenoxy) is 3. The molecule has 2 bridgehead atoms. The molecule has 2 aromatic carbocycles. The van der Waals surface area contributed by atoms with E-state index in [0.717, 1.165) is 11.1 Å². The quantitative estimate of drug-likeness (QED) is 0.132. The van der Waals surface area contributed by atoms with Crippen molar-refractivity contribution < 1.29 is 28.5 Å². The first-order valence-electron chi connectivity index (χ1n) is 16.7. The molecule has 2 heterocycles. The van der Waals surface area contributed by atoms with Gasteiger partial charge in [0.1, 0.15) is 17.8 Å². The molecule has 7 heteroatoms. The van der Waals surface area contributed by atoms with E-state index in [9.17, 15) is 9.90 Å². The van der Waals surface area contributed by atoms with Crippen LogP contribution in [0.1, 0.15) is 71.4 Å². The first-order valence-corrected chi connectivity index (χ1v) is 19.6. The predicted octanol–water partition coefficient (Wildman–Crippen LogP) is 7.46. The van der Waals surface area contributed by atoms with Gasteiger partial charge in [0.2, 0.25) is 0 Å². The number of benzene rings is 2. The van der Waals surface area contributed by atoms with Crippen LogP contribution in [0.3, 0.4) is 0 Å². The third kappa shape index (κ3) is 6.66. The van der Waals surface area contributed by atoms with Gasteiger partial charge in [0, 0.05) is 30.7 Å². The first kappa shape index (κ1) is 34.6. The summed E-state index contributed by atoms with van der Waals surface area (Å²) in [6, 6.07) is 19.9. The molecule has 3 aliphatic rings. The van der Waals surface area contributed by atoms with Crippen molar-refractivity contribution in [3.63, 3.8) is 0 Å². The fraction of sp³-hybridized carbons (Fsp3) is 0.564. The molecule has 2 aromatic rings. The van der Waals surface area contributed by atoms with Crippen LogP contribution in [-0.4, -0.2) is 55.0 Å². The average Bonchev–Trinajstić information content (AvgIpc) is 3.30. The standard InChI is InChI=1S/C39H52O6Si/c1-9-16-34-38(41,22-21-30-17-12-10-13-18-30)26-37(27-43-46(7,8)36(4,5)6)24-32-35(42-25-31-19-14-11-15-20-31)33(44-29(3)40)23-28(2)39(32,34)45-37/h9-15,17-20,28,32-35,41H,1,16,23-27H2,2-8H3/t28-,32+,33+,34-,35-,37+,38-,39-/m1/s1. The molecule has 46 heavy (non-hydrogen) atoms. The van der Waals surface area contributed by atoms with Gasteiger partial charge in [-0.3, -0.25) is 4.79 Å². The Labute approximate surface area is 277 Å². The second-order valence-corrected chi connectivity index (χ2v) is 20.1. The average molecular weight is 645 g/mol. The number of carbonyl (C=O) groups is 1. The number of esters is 1. The highest BCUT2D eigenvalue weighted by Gasteiger charge is 2.74. The van der Waals surface area contributed by atoms with Crippen LogP contribution in [0.4, 0.5) is 0 Å². The minimum Gasteiger partial charge on any atom is -0.460 e. The molecule has 2 saturated heterocycles. The Bertz CT molecular complexity index is 1440. The summed E-state index contributed by atoms with van der Waals surface area (Å²) in [5.41, 5.74) is -1.08. The molecule has 0 aromatic heterocycles. The van der Waals surface area contributed by atoms with Crippen molar-refractivity contribution in [1.82, 2.24) is 0 Å². The Hall–Kier alpha value is -2.73. The molecule has 0 radical (unpaired) electrons. The van der Waals surface area contributed by atoms with Crippen LogP contribution in [0.5, 0.6) is 0 Å². The van der Waals surface area contributed by atoms with Crippen LogP contribution in [0.2, 0.25) is 18.1 Å². The molecule has 1 spiro atoms. The maximum atomic E-state index is 12.8. The lowest BCUT2D eigenvalue weighted by Crippen LogP contribution is -2.68. The molecule has 3 fully saturated rings. The summed E-state index contributed by atoms with van der Waals surface area (Å²) in [7, 11) is -2.18. The Morgan fingerprint density at radius 3 is 2.39 bits per heavy atom. The Morgan fingerprint density at radius 1 is 1.13 bits per heavy atom. The van der Waals surface area contributed by atoms with E-state index in [0.29, 0.717) is 38.9 Å². The van der Waals surface area contributed by atoms with Gasteiger partial charge in [-0.15, -0.1) is 6.58 Å². The molecule has 1 N–H and O–H groups in total. The number of fused-ring (bicyclic) bond motifs is 1. The number of carbonyl (C=O) groups excluding carboxylic acids is 1. The van der Waals surface area contributed by atoms with Crippen molar-refractivity contribution in [2.45, 2.75) is 114 Å². The van der Waals surface area contributed by atoms with Gasteiger partial charge >= 0.3 is 5.97 Å². The smallest absolute Gasteiger partial charge is 0.302 e. The molecular weight excluding hydrogens is 593 g/mol. The van der Waals surface area contributed by atoms with Crippen LogP contribution in [0.15, 0.2) is 73.3 Å². The number of rotatable bonds is 9. The van der Waals surface area contributed by atoms with Gasteiger partial charge in [0.25, 0.3) is 0 Å². The van der Waals surface area contributed by atoms with Crippen LogP contribution < -0.4 is 0 Å². The van der Waals surface area contributed by atoms with Crippen molar-refractivity contribution in [3.05, 3.63) is 84.4 Å². The van der Waals surface area contributed by atoms with Crippen LogP contribution >= 0.6 is 0 Å². The number of allylic oxidation sites excluding steroid dienone is 1. The SMILES string of the molecule is C=CC[C@H]1[C@]23O[C@@](CO[Si](C)(C)C(C)(C)C)(C[C@H]2[C@@H](OCc2ccccc2)[C@@H](OC(C)=O)C[C@H]3C)C[C@]1(O)C#Cc1ccccc1. The third-order valence-electron chi connectivity index (χ3n) is 11.1. The van der Waals surface area contributed by atoms with E-state index >= 15 is 0 Å². The van der Waals surface area contributed by atoms with E-state index in [1.807, 2.05) is 66.7 Å². The molecule has 0 unspecified atom stereocenters. The lowest BCUT2D eigenvalue weighted by atomic mass is 9.57. The number of aliphatic hydroxyl groups is 1. The normalized spacial score (nSPS) is 33.8. The zero-order valence-electron chi connectivity index (χ0n) is 28.7. The number of hydrogen-bond acceptors (Lipinski definition) is 6. The highest BCUT2D eigenvalue weighted by atomic mass is 28.4. The van der Waals surface area contributed by atoms with E-state index in [1.165, 1.54) is 6.92 Å². The molecule has 8 atom stereocenters. The molecule has 2 aliphatic heterocycles. The van der Waals surface area contributed by atoms with Gasteiger partial charge in [-0.2, -0.15) is 0 Å². The Balaban J connectivity index is 1.62. The van der Waals surface area contributed by atoms with Gasteiger partial charge < -0.3 is 23.7 Å². The predicted molar refractivity (Wildman–Crippen MR) is 183 cm³/mol. The summed E-state index contributed by atoms with van der Waals surface area (Å²) >= 11 is 0. The maximum absolute atomic E-state index is 12.8. The minimum atomic E-state index is -2.18. The second-order valence-electron chi connectivity index (χ2n) is 15.3. The molecule has 5 rings (SSSR count). The lowest BCUT2D eigenvalue weighted by Gasteiger charge is -2.59. The van der Waals surface area contributed by atoms with Crippen LogP contribution in [0, 0.1) is 29.6 Å². The zero-order valence-corrected chi connectivity index (χ0v) is 29.7. The summed E-state index contributed by atoms with van der Waals surface area (Å²) in [4.78, 5) is 12.4. The van der Waals surface area contributed by atoms with E-state index in [2.05, 4.69) is 59.2 Å². The molecule has 1 saturated carbocycles. The van der Waals surface area contributed by atoms with E-state index in [-0.39, 0.29) is 28.8 Å². The maximum Gasteiger partial charge on any atom is 0.302 e. The molecular formula is C39H52O6Si. The lowest BCUT2D eigenvalue weighted by molar-refractivity contribution is -0.284. The molecule has 6 nitrogen and oxygen atoms in total. The topological polar surface area (TPSA) is 74.2 Å². The second kappa shape index (κ2) is 13.1. The zero-order chi connectivity index (χ0) is 33.4. The fourth-order valence-corrected chi connectivity index (χ4v) is 9.01. The fourth-order valence-electron chi connectivity index (χ4n) is 7.95. The number of hydrogen-bond donors (Lipinski definition) is 1. The largest absolute Gasteiger partial charge is 0.460 e. The highest BCUT2D eigenvalue weighted by Crippen LogP contribution is 2.65. The Morgan fingerprint density at radius 2 is 1.78 bits per heavy atom. The highest BCUT2D eigenvalue weighted by molar-refractivity contribution is 6.74. The van der Waals surface area contributed by atoms with Gasteiger partial charge in [-0.05, 0) is 61.0 Å². The summed E-state index contributed by atoms with van der Waals surface area (Å²) in [5, 5.41) is 12.8. The van der Waals surface area contributed by atoms with Gasteiger partial charge in [-0.25, -0.2) is 0 Å². The third-order valence-corrected chi connectivity index (χ3v) is 15.6. The van der Waals surface area contributed by atoms with Crippen molar-refractivity contribution in [2.75, 3.05) is 6.61 Å². The molecule has 248 valence electrons. The van der Waals surface area contributed by atoms with Crippen LogP contribution in [0.25, 0.3) is 0 Å². The first-order chi connectivity index (χ1) is 21.6. The minimum absolute atomic E-state index is 0.00516. The summed E-state index contributed by atoms with van der Waals surface area (Å²) in [5.74, 6) is 5.73.